The number of carbonyl (C=O) groups excluding carboxylic acids is 1. The zero-order valence-corrected chi connectivity index (χ0v) is 9.31. The summed E-state index contributed by atoms with van der Waals surface area (Å²) in [4.78, 5) is 13.9. The van der Waals surface area contributed by atoms with Crippen molar-refractivity contribution in [3.63, 3.8) is 0 Å². The number of carbonyl (C=O) groups is 1. The van der Waals surface area contributed by atoms with Gasteiger partial charge in [-0.3, -0.25) is 4.79 Å². The normalized spacial score (nSPS) is 20.8. The van der Waals surface area contributed by atoms with E-state index in [0.717, 1.165) is 13.1 Å². The third-order valence-electron chi connectivity index (χ3n) is 2.75. The van der Waals surface area contributed by atoms with Crippen LogP contribution in [0.2, 0.25) is 0 Å². The molecule has 1 saturated heterocycles. The van der Waals surface area contributed by atoms with E-state index in [9.17, 15) is 9.90 Å². The maximum absolute atomic E-state index is 12.1. The van der Waals surface area contributed by atoms with Gasteiger partial charge in [-0.25, -0.2) is 0 Å². The zero-order chi connectivity index (χ0) is 11.5. The highest BCUT2D eigenvalue weighted by Gasteiger charge is 2.21. The number of phenolic OH excluding ortho intramolecular Hbond substituents is 1. The average Bonchev–Trinajstić information content (AvgIpc) is 2.28. The number of hydrogen-bond donors (Lipinski definition) is 2. The van der Waals surface area contributed by atoms with Gasteiger partial charge in [-0.05, 0) is 25.1 Å². The smallest absolute Gasteiger partial charge is 0.254 e. The van der Waals surface area contributed by atoms with E-state index in [0.29, 0.717) is 18.2 Å². The Morgan fingerprint density at radius 2 is 2.38 bits per heavy atom. The van der Waals surface area contributed by atoms with Crippen LogP contribution in [0.1, 0.15) is 17.3 Å². The molecule has 1 aromatic carbocycles. The van der Waals surface area contributed by atoms with Gasteiger partial charge in [0.05, 0.1) is 0 Å². The van der Waals surface area contributed by atoms with Gasteiger partial charge >= 0.3 is 0 Å². The Kier molecular flexibility index (Phi) is 3.10. The molecule has 1 amide bonds. The Labute approximate surface area is 94.9 Å². The van der Waals surface area contributed by atoms with Gasteiger partial charge in [0.25, 0.3) is 5.91 Å². The van der Waals surface area contributed by atoms with E-state index in [-0.39, 0.29) is 11.7 Å². The third kappa shape index (κ3) is 2.33. The number of phenols is 1. The molecule has 4 nitrogen and oxygen atoms in total. The summed E-state index contributed by atoms with van der Waals surface area (Å²) in [5.74, 6) is 0.123. The molecule has 1 heterocycles. The first-order valence-corrected chi connectivity index (χ1v) is 5.48. The van der Waals surface area contributed by atoms with E-state index in [4.69, 9.17) is 0 Å². The fourth-order valence-corrected chi connectivity index (χ4v) is 1.94. The van der Waals surface area contributed by atoms with Crippen LogP contribution in [-0.4, -0.2) is 41.6 Å². The van der Waals surface area contributed by atoms with Crippen molar-refractivity contribution in [1.82, 2.24) is 10.2 Å². The molecular weight excluding hydrogens is 204 g/mol. The van der Waals surface area contributed by atoms with Crippen LogP contribution in [0.4, 0.5) is 0 Å². The van der Waals surface area contributed by atoms with Crippen LogP contribution >= 0.6 is 0 Å². The van der Waals surface area contributed by atoms with Crippen molar-refractivity contribution in [1.29, 1.82) is 0 Å². The minimum Gasteiger partial charge on any atom is -0.508 e. The van der Waals surface area contributed by atoms with Gasteiger partial charge < -0.3 is 15.3 Å². The maximum atomic E-state index is 12.1. The average molecular weight is 220 g/mol. The second-order valence-electron chi connectivity index (χ2n) is 4.16. The largest absolute Gasteiger partial charge is 0.508 e. The van der Waals surface area contributed by atoms with Crippen LogP contribution in [0.15, 0.2) is 24.3 Å². The molecule has 2 N–H and O–H groups in total. The molecule has 86 valence electrons. The van der Waals surface area contributed by atoms with E-state index >= 15 is 0 Å². The Morgan fingerprint density at radius 3 is 3.06 bits per heavy atom. The Balaban J connectivity index is 2.12. The highest BCUT2D eigenvalue weighted by molar-refractivity contribution is 5.94. The predicted molar refractivity (Wildman–Crippen MR) is 61.5 cm³/mol. The molecule has 0 radical (unpaired) electrons. The number of piperazine rings is 1. The molecule has 16 heavy (non-hydrogen) atoms. The summed E-state index contributed by atoms with van der Waals surface area (Å²) in [6.07, 6.45) is 0. The van der Waals surface area contributed by atoms with Crippen molar-refractivity contribution in [3.8, 4) is 5.75 Å². The Morgan fingerprint density at radius 1 is 1.56 bits per heavy atom. The Bertz CT molecular complexity index is 392. The molecule has 1 atom stereocenters. The SMILES string of the molecule is CC1CN(C(=O)c2cccc(O)c2)CCN1. The number of hydrogen-bond acceptors (Lipinski definition) is 3. The van der Waals surface area contributed by atoms with E-state index < -0.39 is 0 Å². The highest BCUT2D eigenvalue weighted by atomic mass is 16.3. The molecule has 1 unspecified atom stereocenters. The van der Waals surface area contributed by atoms with Crippen molar-refractivity contribution in [2.24, 2.45) is 0 Å². The Hall–Kier alpha value is -1.55. The van der Waals surface area contributed by atoms with Gasteiger partial charge in [0, 0.05) is 31.2 Å². The quantitative estimate of drug-likeness (QED) is 0.737. The predicted octanol–water partition coefficient (Wildman–Crippen LogP) is 0.826. The summed E-state index contributed by atoms with van der Waals surface area (Å²) in [7, 11) is 0. The first kappa shape index (κ1) is 11.0. The van der Waals surface area contributed by atoms with Crippen molar-refractivity contribution in [2.45, 2.75) is 13.0 Å². The van der Waals surface area contributed by atoms with Gasteiger partial charge in [0.2, 0.25) is 0 Å². The van der Waals surface area contributed by atoms with Gasteiger partial charge in [0.1, 0.15) is 5.75 Å². The van der Waals surface area contributed by atoms with E-state index in [1.54, 1.807) is 18.2 Å². The number of benzene rings is 1. The summed E-state index contributed by atoms with van der Waals surface area (Å²) >= 11 is 0. The molecule has 0 spiro atoms. The van der Waals surface area contributed by atoms with Crippen molar-refractivity contribution >= 4 is 5.91 Å². The van der Waals surface area contributed by atoms with Crippen LogP contribution in [0.25, 0.3) is 0 Å². The highest BCUT2D eigenvalue weighted by Crippen LogP contribution is 2.14. The minimum atomic E-state index is -0.00995. The first-order valence-electron chi connectivity index (χ1n) is 5.48. The zero-order valence-electron chi connectivity index (χ0n) is 9.31. The van der Waals surface area contributed by atoms with Crippen LogP contribution in [0.5, 0.6) is 5.75 Å². The molecule has 2 rings (SSSR count). The summed E-state index contributed by atoms with van der Waals surface area (Å²) in [5, 5.41) is 12.6. The van der Waals surface area contributed by atoms with Gasteiger partial charge in [-0.1, -0.05) is 6.07 Å². The fourth-order valence-electron chi connectivity index (χ4n) is 1.94. The third-order valence-corrected chi connectivity index (χ3v) is 2.75. The molecule has 0 aromatic heterocycles. The van der Waals surface area contributed by atoms with E-state index in [1.807, 2.05) is 4.90 Å². The van der Waals surface area contributed by atoms with E-state index in [1.165, 1.54) is 6.07 Å². The lowest BCUT2D eigenvalue weighted by molar-refractivity contribution is 0.0708. The van der Waals surface area contributed by atoms with E-state index in [2.05, 4.69) is 12.2 Å². The molecule has 1 fully saturated rings. The monoisotopic (exact) mass is 220 g/mol. The molecule has 0 bridgehead atoms. The number of rotatable bonds is 1. The lowest BCUT2D eigenvalue weighted by Gasteiger charge is -2.31. The summed E-state index contributed by atoms with van der Waals surface area (Å²) in [6, 6.07) is 6.82. The number of aromatic hydroxyl groups is 1. The lowest BCUT2D eigenvalue weighted by atomic mass is 10.1. The minimum absolute atomic E-state index is 0.00995. The number of nitrogens with one attached hydrogen (secondary N) is 1. The lowest BCUT2D eigenvalue weighted by Crippen LogP contribution is -2.51. The van der Waals surface area contributed by atoms with Crippen LogP contribution < -0.4 is 5.32 Å². The molecular formula is C12H16N2O2. The van der Waals surface area contributed by atoms with Crippen LogP contribution in [-0.2, 0) is 0 Å². The maximum Gasteiger partial charge on any atom is 0.254 e. The van der Waals surface area contributed by atoms with Crippen LogP contribution in [0, 0.1) is 0 Å². The molecule has 4 heteroatoms. The molecule has 0 aliphatic carbocycles. The molecule has 0 saturated carbocycles. The summed E-state index contributed by atoms with van der Waals surface area (Å²) in [6.45, 7) is 4.32. The van der Waals surface area contributed by atoms with Crippen molar-refractivity contribution in [2.75, 3.05) is 19.6 Å². The van der Waals surface area contributed by atoms with Crippen LogP contribution in [0.3, 0.4) is 0 Å². The second kappa shape index (κ2) is 4.53. The number of nitrogens with zero attached hydrogens (tertiary/aromatic N) is 1. The standard InChI is InChI=1S/C12H16N2O2/c1-9-8-14(6-5-13-9)12(16)10-3-2-4-11(15)7-10/h2-4,7,9,13,15H,5-6,8H2,1H3. The summed E-state index contributed by atoms with van der Waals surface area (Å²) in [5.41, 5.74) is 0.550. The van der Waals surface area contributed by atoms with Gasteiger partial charge in [-0.2, -0.15) is 0 Å². The molecule has 1 aromatic rings. The summed E-state index contributed by atoms with van der Waals surface area (Å²) < 4.78 is 0. The van der Waals surface area contributed by atoms with Gasteiger partial charge in [-0.15, -0.1) is 0 Å². The number of amides is 1. The van der Waals surface area contributed by atoms with Crippen molar-refractivity contribution < 1.29 is 9.90 Å². The van der Waals surface area contributed by atoms with Gasteiger partial charge in [0.15, 0.2) is 0 Å². The first-order chi connectivity index (χ1) is 7.66. The molecule has 1 aliphatic heterocycles. The fraction of sp³-hybridized carbons (Fsp3) is 0.417. The topological polar surface area (TPSA) is 52.6 Å². The van der Waals surface area contributed by atoms with Crippen molar-refractivity contribution in [3.05, 3.63) is 29.8 Å². The molecule has 1 aliphatic rings. The second-order valence-corrected chi connectivity index (χ2v) is 4.16.